The lowest BCUT2D eigenvalue weighted by Crippen LogP contribution is -2.43. The number of ether oxygens (including phenoxy) is 1. The highest BCUT2D eigenvalue weighted by Gasteiger charge is 2.17. The van der Waals surface area contributed by atoms with E-state index in [4.69, 9.17) is 4.74 Å². The zero-order chi connectivity index (χ0) is 19.8. The Morgan fingerprint density at radius 2 is 1.74 bits per heavy atom. The summed E-state index contributed by atoms with van der Waals surface area (Å²) in [7, 11) is 0. The van der Waals surface area contributed by atoms with Crippen molar-refractivity contribution in [2.75, 3.05) is 0 Å². The first-order chi connectivity index (χ1) is 12.9. The molecule has 0 aliphatic heterocycles. The van der Waals surface area contributed by atoms with Crippen molar-refractivity contribution in [2.24, 2.45) is 5.10 Å². The second-order valence-electron chi connectivity index (χ2n) is 6.11. The second kappa shape index (κ2) is 9.87. The van der Waals surface area contributed by atoms with Crippen LogP contribution in [0.15, 0.2) is 58.1 Å². The number of nitrogens with zero attached hydrogens (tertiary/aromatic N) is 1. The fraction of sp³-hybridized carbons (Fsp3) is 0.250. The average molecular weight is 432 g/mol. The Labute approximate surface area is 167 Å². The predicted molar refractivity (Wildman–Crippen MR) is 109 cm³/mol. The summed E-state index contributed by atoms with van der Waals surface area (Å²) < 4.78 is 6.36. The van der Waals surface area contributed by atoms with Crippen LogP contribution in [0, 0.1) is 0 Å². The summed E-state index contributed by atoms with van der Waals surface area (Å²) in [5, 5.41) is 6.61. The minimum absolute atomic E-state index is 0.0293. The van der Waals surface area contributed by atoms with Crippen LogP contribution in [0.25, 0.3) is 0 Å². The number of amides is 2. The number of hydrazone groups is 1. The molecule has 2 aromatic carbocycles. The van der Waals surface area contributed by atoms with Gasteiger partial charge in [-0.2, -0.15) is 5.10 Å². The van der Waals surface area contributed by atoms with E-state index in [0.29, 0.717) is 15.8 Å². The third-order valence-electron chi connectivity index (χ3n) is 3.52. The molecule has 2 rings (SSSR count). The van der Waals surface area contributed by atoms with Crippen molar-refractivity contribution in [3.63, 3.8) is 0 Å². The Morgan fingerprint density at radius 1 is 1.07 bits per heavy atom. The zero-order valence-electron chi connectivity index (χ0n) is 15.4. The van der Waals surface area contributed by atoms with Gasteiger partial charge in [-0.15, -0.1) is 0 Å². The first-order valence-electron chi connectivity index (χ1n) is 8.52. The van der Waals surface area contributed by atoms with Crippen LogP contribution in [0.1, 0.15) is 36.7 Å². The number of benzene rings is 2. The van der Waals surface area contributed by atoms with Crippen LogP contribution in [-0.2, 0) is 4.79 Å². The van der Waals surface area contributed by atoms with Crippen LogP contribution in [0.5, 0.6) is 5.75 Å². The number of nitrogens with one attached hydrogen (secondary N) is 2. The summed E-state index contributed by atoms with van der Waals surface area (Å²) >= 11 is 3.32. The van der Waals surface area contributed by atoms with Crippen molar-refractivity contribution in [3.05, 3.63) is 64.1 Å². The predicted octanol–water partition coefficient (Wildman–Crippen LogP) is 3.50. The van der Waals surface area contributed by atoms with Crippen LogP contribution in [0.4, 0.5) is 0 Å². The van der Waals surface area contributed by atoms with E-state index in [1.54, 1.807) is 25.1 Å². The molecule has 1 unspecified atom stereocenters. The topological polar surface area (TPSA) is 79.8 Å². The number of hydrogen-bond donors (Lipinski definition) is 2. The smallest absolute Gasteiger partial charge is 0.262 e. The molecule has 0 aliphatic rings. The SMILES string of the molecule is CC(C)Oc1ccccc1C=NNC(=O)C(C)NC(=O)c1ccccc1Br. The lowest BCUT2D eigenvalue weighted by atomic mass is 10.2. The Hall–Kier alpha value is -2.67. The van der Waals surface area contributed by atoms with E-state index < -0.39 is 11.9 Å². The van der Waals surface area contributed by atoms with Gasteiger partial charge in [0, 0.05) is 10.0 Å². The van der Waals surface area contributed by atoms with Crippen LogP contribution < -0.4 is 15.5 Å². The number of carbonyl (C=O) groups is 2. The zero-order valence-corrected chi connectivity index (χ0v) is 17.0. The summed E-state index contributed by atoms with van der Waals surface area (Å²) in [6.07, 6.45) is 1.54. The Bertz CT molecular complexity index is 837. The maximum atomic E-state index is 12.2. The third-order valence-corrected chi connectivity index (χ3v) is 4.21. The molecule has 7 heteroatoms. The van der Waals surface area contributed by atoms with Crippen molar-refractivity contribution < 1.29 is 14.3 Å². The van der Waals surface area contributed by atoms with Gasteiger partial charge in [0.1, 0.15) is 11.8 Å². The van der Waals surface area contributed by atoms with E-state index >= 15 is 0 Å². The van der Waals surface area contributed by atoms with Gasteiger partial charge in [-0.25, -0.2) is 5.43 Å². The van der Waals surface area contributed by atoms with Crippen molar-refractivity contribution in [1.82, 2.24) is 10.7 Å². The highest BCUT2D eigenvalue weighted by Crippen LogP contribution is 2.17. The lowest BCUT2D eigenvalue weighted by molar-refractivity contribution is -0.122. The van der Waals surface area contributed by atoms with Gasteiger partial charge in [0.25, 0.3) is 11.8 Å². The molecule has 0 bridgehead atoms. The maximum absolute atomic E-state index is 12.2. The van der Waals surface area contributed by atoms with E-state index in [0.717, 1.165) is 5.56 Å². The molecule has 0 spiro atoms. The van der Waals surface area contributed by atoms with E-state index in [-0.39, 0.29) is 12.0 Å². The molecule has 0 fully saturated rings. The first kappa shape index (κ1) is 20.6. The monoisotopic (exact) mass is 431 g/mol. The molecular weight excluding hydrogens is 410 g/mol. The molecule has 0 saturated heterocycles. The van der Waals surface area contributed by atoms with Crippen molar-refractivity contribution >= 4 is 34.0 Å². The molecule has 0 heterocycles. The lowest BCUT2D eigenvalue weighted by Gasteiger charge is -2.13. The molecule has 1 atom stereocenters. The van der Waals surface area contributed by atoms with E-state index in [2.05, 4.69) is 31.8 Å². The standard InChI is InChI=1S/C20H22BrN3O3/c1-13(2)27-18-11-7-4-8-15(18)12-22-24-19(25)14(3)23-20(26)16-9-5-6-10-17(16)21/h4-14H,1-3H3,(H,23,26)(H,24,25). The number of rotatable bonds is 7. The fourth-order valence-electron chi connectivity index (χ4n) is 2.20. The number of para-hydroxylation sites is 1. The molecule has 0 saturated carbocycles. The molecule has 142 valence electrons. The Balaban J connectivity index is 1.94. The molecule has 6 nitrogen and oxygen atoms in total. The largest absolute Gasteiger partial charge is 0.490 e. The summed E-state index contributed by atoms with van der Waals surface area (Å²) in [6, 6.07) is 13.7. The normalized spacial score (nSPS) is 12.0. The first-order valence-corrected chi connectivity index (χ1v) is 9.31. The molecule has 0 radical (unpaired) electrons. The van der Waals surface area contributed by atoms with Gasteiger partial charge in [0.2, 0.25) is 0 Å². The van der Waals surface area contributed by atoms with E-state index in [1.807, 2.05) is 44.2 Å². The van der Waals surface area contributed by atoms with E-state index in [1.165, 1.54) is 6.21 Å². The quantitative estimate of drug-likeness (QED) is 0.519. The highest BCUT2D eigenvalue weighted by molar-refractivity contribution is 9.10. The third kappa shape index (κ3) is 6.21. The molecule has 2 N–H and O–H groups in total. The van der Waals surface area contributed by atoms with Crippen molar-refractivity contribution in [2.45, 2.75) is 32.9 Å². The van der Waals surface area contributed by atoms with Crippen LogP contribution in [0.3, 0.4) is 0 Å². The van der Waals surface area contributed by atoms with Crippen LogP contribution in [0.2, 0.25) is 0 Å². The minimum atomic E-state index is -0.746. The van der Waals surface area contributed by atoms with Gasteiger partial charge in [0.05, 0.1) is 17.9 Å². The summed E-state index contributed by atoms with van der Waals surface area (Å²) in [5.41, 5.74) is 3.64. The van der Waals surface area contributed by atoms with Gasteiger partial charge < -0.3 is 10.1 Å². The molecular formula is C20H22BrN3O3. The second-order valence-corrected chi connectivity index (χ2v) is 6.97. The van der Waals surface area contributed by atoms with Crippen LogP contribution >= 0.6 is 15.9 Å². The molecule has 0 aromatic heterocycles. The number of halogens is 1. The van der Waals surface area contributed by atoms with Gasteiger partial charge in [-0.3, -0.25) is 9.59 Å². The van der Waals surface area contributed by atoms with Crippen LogP contribution in [-0.4, -0.2) is 30.2 Å². The van der Waals surface area contributed by atoms with Crippen molar-refractivity contribution in [3.8, 4) is 5.75 Å². The Morgan fingerprint density at radius 3 is 2.44 bits per heavy atom. The maximum Gasteiger partial charge on any atom is 0.262 e. The van der Waals surface area contributed by atoms with Gasteiger partial charge in [-0.1, -0.05) is 24.3 Å². The van der Waals surface area contributed by atoms with E-state index in [9.17, 15) is 9.59 Å². The van der Waals surface area contributed by atoms with Crippen molar-refractivity contribution in [1.29, 1.82) is 0 Å². The summed E-state index contributed by atoms with van der Waals surface area (Å²) in [5.74, 6) is -0.0838. The van der Waals surface area contributed by atoms with Gasteiger partial charge in [-0.05, 0) is 61.0 Å². The molecule has 27 heavy (non-hydrogen) atoms. The summed E-state index contributed by atoms with van der Waals surface area (Å²) in [4.78, 5) is 24.4. The number of carbonyl (C=O) groups excluding carboxylic acids is 2. The molecule has 0 aliphatic carbocycles. The molecule has 2 amide bonds. The summed E-state index contributed by atoms with van der Waals surface area (Å²) in [6.45, 7) is 5.46. The fourth-order valence-corrected chi connectivity index (χ4v) is 2.66. The van der Waals surface area contributed by atoms with Gasteiger partial charge >= 0.3 is 0 Å². The minimum Gasteiger partial charge on any atom is -0.490 e. The van der Waals surface area contributed by atoms with Gasteiger partial charge in [0.15, 0.2) is 0 Å². The number of hydrogen-bond acceptors (Lipinski definition) is 4. The average Bonchev–Trinajstić information content (AvgIpc) is 2.62. The molecule has 2 aromatic rings. The Kier molecular flexibility index (Phi) is 7.55. The highest BCUT2D eigenvalue weighted by atomic mass is 79.9.